The summed E-state index contributed by atoms with van der Waals surface area (Å²) in [6.07, 6.45) is 5.82. The van der Waals surface area contributed by atoms with Gasteiger partial charge in [0, 0.05) is 42.0 Å². The van der Waals surface area contributed by atoms with Crippen molar-refractivity contribution in [1.29, 1.82) is 0 Å². The van der Waals surface area contributed by atoms with Crippen molar-refractivity contribution in [3.8, 4) is 0 Å². The second-order valence-electron chi connectivity index (χ2n) is 5.45. The van der Waals surface area contributed by atoms with Crippen LogP contribution in [-0.4, -0.2) is 27.7 Å². The Morgan fingerprint density at radius 1 is 1.33 bits per heavy atom. The Balaban J connectivity index is 1.89. The molecule has 2 atom stereocenters. The zero-order valence-corrected chi connectivity index (χ0v) is 11.5. The number of fused-ring (bicyclic) bond motifs is 1. The smallest absolute Gasteiger partial charge is 0.278 e. The van der Waals surface area contributed by atoms with Crippen LogP contribution in [0.1, 0.15) is 19.3 Å². The molecule has 1 aromatic carbocycles. The number of anilines is 1. The first kappa shape index (κ1) is 13.8. The lowest BCUT2D eigenvalue weighted by atomic mass is 10.1. The van der Waals surface area contributed by atoms with Gasteiger partial charge in [-0.1, -0.05) is 6.42 Å². The molecular formula is C15H17N3O3. The third kappa shape index (κ3) is 2.67. The van der Waals surface area contributed by atoms with Gasteiger partial charge in [0.1, 0.15) is 0 Å². The minimum absolute atomic E-state index is 0.0598. The molecular weight excluding hydrogens is 270 g/mol. The van der Waals surface area contributed by atoms with Crippen molar-refractivity contribution in [3.05, 3.63) is 40.7 Å². The van der Waals surface area contributed by atoms with Crippen LogP contribution in [0.4, 0.5) is 11.4 Å². The summed E-state index contributed by atoms with van der Waals surface area (Å²) in [5.74, 6) is 0.247. The number of aliphatic hydroxyl groups is 1. The lowest BCUT2D eigenvalue weighted by Gasteiger charge is -2.17. The van der Waals surface area contributed by atoms with Crippen molar-refractivity contribution >= 4 is 22.1 Å². The minimum atomic E-state index is -0.394. The summed E-state index contributed by atoms with van der Waals surface area (Å²) < 4.78 is 0. The van der Waals surface area contributed by atoms with E-state index in [1.54, 1.807) is 18.3 Å². The maximum absolute atomic E-state index is 11.1. The molecule has 110 valence electrons. The SMILES string of the molecule is O=[N+]([O-])c1ccc(NCC2CCCC2O)c2ccncc12. The highest BCUT2D eigenvalue weighted by atomic mass is 16.6. The van der Waals surface area contributed by atoms with Gasteiger partial charge in [0.25, 0.3) is 5.69 Å². The predicted octanol–water partition coefficient (Wildman–Crippen LogP) is 2.72. The van der Waals surface area contributed by atoms with Gasteiger partial charge in [-0.3, -0.25) is 15.1 Å². The summed E-state index contributed by atoms with van der Waals surface area (Å²) in [7, 11) is 0. The van der Waals surface area contributed by atoms with Crippen LogP contribution >= 0.6 is 0 Å². The molecule has 0 saturated heterocycles. The Kier molecular flexibility index (Phi) is 3.70. The van der Waals surface area contributed by atoms with Gasteiger partial charge in [0.15, 0.2) is 0 Å². The number of nitro groups is 1. The van der Waals surface area contributed by atoms with E-state index in [0.717, 1.165) is 30.3 Å². The lowest BCUT2D eigenvalue weighted by Crippen LogP contribution is -2.22. The van der Waals surface area contributed by atoms with E-state index in [1.165, 1.54) is 12.3 Å². The topological polar surface area (TPSA) is 88.3 Å². The zero-order valence-electron chi connectivity index (χ0n) is 11.5. The van der Waals surface area contributed by atoms with Crippen molar-refractivity contribution in [2.24, 2.45) is 5.92 Å². The maximum atomic E-state index is 11.1. The number of hydrogen-bond acceptors (Lipinski definition) is 5. The second kappa shape index (κ2) is 5.65. The molecule has 1 fully saturated rings. The van der Waals surface area contributed by atoms with Crippen molar-refractivity contribution in [1.82, 2.24) is 4.98 Å². The van der Waals surface area contributed by atoms with E-state index in [9.17, 15) is 15.2 Å². The molecule has 1 aliphatic rings. The fourth-order valence-corrected chi connectivity index (χ4v) is 2.99. The fourth-order valence-electron chi connectivity index (χ4n) is 2.99. The van der Waals surface area contributed by atoms with Crippen LogP contribution in [0.15, 0.2) is 30.6 Å². The predicted molar refractivity (Wildman–Crippen MR) is 80.2 cm³/mol. The van der Waals surface area contributed by atoms with Gasteiger partial charge in [0.2, 0.25) is 0 Å². The second-order valence-corrected chi connectivity index (χ2v) is 5.45. The van der Waals surface area contributed by atoms with E-state index < -0.39 is 4.92 Å². The Hall–Kier alpha value is -2.21. The van der Waals surface area contributed by atoms with E-state index in [4.69, 9.17) is 0 Å². The van der Waals surface area contributed by atoms with E-state index in [0.29, 0.717) is 11.9 Å². The van der Waals surface area contributed by atoms with Crippen LogP contribution in [-0.2, 0) is 0 Å². The third-order valence-electron chi connectivity index (χ3n) is 4.17. The molecule has 0 bridgehead atoms. The molecule has 1 saturated carbocycles. The molecule has 0 aliphatic heterocycles. The van der Waals surface area contributed by atoms with Gasteiger partial charge < -0.3 is 10.4 Å². The van der Waals surface area contributed by atoms with Crippen LogP contribution in [0.2, 0.25) is 0 Å². The van der Waals surface area contributed by atoms with Gasteiger partial charge in [-0.05, 0) is 25.0 Å². The normalized spacial score (nSPS) is 21.6. The molecule has 1 heterocycles. The molecule has 3 rings (SSSR count). The number of aliphatic hydroxyl groups excluding tert-OH is 1. The molecule has 6 nitrogen and oxygen atoms in total. The number of nitrogens with zero attached hydrogens (tertiary/aromatic N) is 2. The van der Waals surface area contributed by atoms with Crippen molar-refractivity contribution in [2.45, 2.75) is 25.4 Å². The molecule has 2 unspecified atom stereocenters. The number of non-ortho nitro benzene ring substituents is 1. The molecule has 1 aromatic heterocycles. The van der Waals surface area contributed by atoms with Gasteiger partial charge in [-0.2, -0.15) is 0 Å². The highest BCUT2D eigenvalue weighted by molar-refractivity contribution is 5.99. The Bertz CT molecular complexity index is 674. The van der Waals surface area contributed by atoms with Crippen LogP contribution in [0.5, 0.6) is 0 Å². The molecule has 2 aromatic rings. The lowest BCUT2D eigenvalue weighted by molar-refractivity contribution is -0.383. The minimum Gasteiger partial charge on any atom is -0.393 e. The summed E-state index contributed by atoms with van der Waals surface area (Å²) in [6, 6.07) is 5.00. The average Bonchev–Trinajstić information content (AvgIpc) is 2.89. The summed E-state index contributed by atoms with van der Waals surface area (Å²) in [6.45, 7) is 0.677. The summed E-state index contributed by atoms with van der Waals surface area (Å²) in [4.78, 5) is 14.6. The van der Waals surface area contributed by atoms with Gasteiger partial charge in [-0.25, -0.2) is 0 Å². The monoisotopic (exact) mass is 287 g/mol. The Labute approximate surface area is 122 Å². The quantitative estimate of drug-likeness (QED) is 0.666. The van der Waals surface area contributed by atoms with Crippen molar-refractivity contribution in [2.75, 3.05) is 11.9 Å². The zero-order chi connectivity index (χ0) is 14.8. The summed E-state index contributed by atoms with van der Waals surface area (Å²) >= 11 is 0. The maximum Gasteiger partial charge on any atom is 0.278 e. The largest absolute Gasteiger partial charge is 0.393 e. The Morgan fingerprint density at radius 2 is 2.19 bits per heavy atom. The van der Waals surface area contributed by atoms with E-state index in [1.807, 2.05) is 0 Å². The Morgan fingerprint density at radius 3 is 2.90 bits per heavy atom. The molecule has 6 heteroatoms. The number of rotatable bonds is 4. The number of hydrogen-bond donors (Lipinski definition) is 2. The van der Waals surface area contributed by atoms with Gasteiger partial charge in [0.05, 0.1) is 16.4 Å². The van der Waals surface area contributed by atoms with E-state index in [-0.39, 0.29) is 17.7 Å². The average molecular weight is 287 g/mol. The third-order valence-corrected chi connectivity index (χ3v) is 4.17. The number of aromatic nitrogens is 1. The molecule has 21 heavy (non-hydrogen) atoms. The molecule has 2 N–H and O–H groups in total. The van der Waals surface area contributed by atoms with E-state index in [2.05, 4.69) is 10.3 Å². The molecule has 0 amide bonds. The first-order valence-electron chi connectivity index (χ1n) is 7.10. The summed E-state index contributed by atoms with van der Waals surface area (Å²) in [5.41, 5.74) is 0.904. The molecule has 1 aliphatic carbocycles. The van der Waals surface area contributed by atoms with Crippen LogP contribution in [0.25, 0.3) is 10.8 Å². The van der Waals surface area contributed by atoms with Gasteiger partial charge in [-0.15, -0.1) is 0 Å². The fraction of sp³-hybridized carbons (Fsp3) is 0.400. The highest BCUT2D eigenvalue weighted by Gasteiger charge is 2.25. The summed E-state index contributed by atoms with van der Waals surface area (Å²) in [5, 5.41) is 25.5. The molecule has 0 spiro atoms. The first-order chi connectivity index (χ1) is 10.2. The number of pyridine rings is 1. The van der Waals surface area contributed by atoms with Gasteiger partial charge >= 0.3 is 0 Å². The van der Waals surface area contributed by atoms with E-state index >= 15 is 0 Å². The number of nitro benzene ring substituents is 1. The van der Waals surface area contributed by atoms with Crippen molar-refractivity contribution < 1.29 is 10.0 Å². The first-order valence-corrected chi connectivity index (χ1v) is 7.10. The van der Waals surface area contributed by atoms with Crippen molar-refractivity contribution in [3.63, 3.8) is 0 Å². The van der Waals surface area contributed by atoms with Crippen LogP contribution in [0.3, 0.4) is 0 Å². The number of nitrogens with one attached hydrogen (secondary N) is 1. The highest BCUT2D eigenvalue weighted by Crippen LogP contribution is 2.32. The number of benzene rings is 1. The van der Waals surface area contributed by atoms with Crippen LogP contribution < -0.4 is 5.32 Å². The van der Waals surface area contributed by atoms with Crippen LogP contribution in [0, 0.1) is 16.0 Å². The standard InChI is InChI=1S/C15H17N3O3/c19-15-3-1-2-10(15)8-17-13-4-5-14(18(20)21)12-9-16-7-6-11(12)13/h4-7,9-10,15,17,19H,1-3,8H2. The molecule has 0 radical (unpaired) electrons.